The minimum Gasteiger partial charge on any atom is -0.423 e. The second-order valence-electron chi connectivity index (χ2n) is 2.20. The van der Waals surface area contributed by atoms with Gasteiger partial charge in [0.05, 0.1) is 11.3 Å². The van der Waals surface area contributed by atoms with E-state index >= 15 is 0 Å². The molecule has 12 heavy (non-hydrogen) atoms. The van der Waals surface area contributed by atoms with E-state index in [2.05, 4.69) is 0 Å². The van der Waals surface area contributed by atoms with Crippen molar-refractivity contribution in [1.29, 1.82) is 0 Å². The van der Waals surface area contributed by atoms with Crippen LogP contribution in [0.2, 0.25) is 0 Å². The smallest absolute Gasteiger partial charge is 0.423 e. The minimum absolute atomic E-state index is 0. The molecule has 0 aromatic carbocycles. The molecule has 2 N–H and O–H groups in total. The first-order valence-electron chi connectivity index (χ1n) is 3.13. The first-order chi connectivity index (χ1) is 5.24. The van der Waals surface area contributed by atoms with Crippen molar-refractivity contribution < 1.29 is 14.3 Å². The van der Waals surface area contributed by atoms with Crippen LogP contribution in [0, 0.1) is 0 Å². The summed E-state index contributed by atoms with van der Waals surface area (Å²) in [7, 11) is -1.44. The van der Waals surface area contributed by atoms with Gasteiger partial charge in [-0.3, -0.25) is 0 Å². The van der Waals surface area contributed by atoms with Gasteiger partial charge >= 0.3 is 7.12 Å². The topological polar surface area (TPSA) is 57.5 Å². The van der Waals surface area contributed by atoms with Crippen LogP contribution in [0.1, 0.15) is 6.42 Å². The summed E-state index contributed by atoms with van der Waals surface area (Å²) >= 11 is 0.384. The Bertz CT molecular complexity index is 268. The van der Waals surface area contributed by atoms with Crippen LogP contribution < -0.4 is 0 Å². The van der Waals surface area contributed by atoms with Crippen LogP contribution in [0.25, 0.3) is 0 Å². The van der Waals surface area contributed by atoms with Gasteiger partial charge in [0.1, 0.15) is 0 Å². The fraction of sp³-hybridized carbons (Fsp3) is 0.167. The van der Waals surface area contributed by atoms with Crippen molar-refractivity contribution in [1.82, 2.24) is 0 Å². The maximum atomic E-state index is 10.3. The predicted molar refractivity (Wildman–Crippen MR) is 50.9 cm³/mol. The molecule has 1 radical (unpaired) electrons. The van der Waals surface area contributed by atoms with Crippen LogP contribution >= 0.6 is 0 Å². The maximum absolute atomic E-state index is 10.3. The molecule has 0 amide bonds. The Morgan fingerprint density at radius 2 is 2.17 bits per heavy atom. The number of hydrogen-bond acceptors (Lipinski definition) is 3. The minimum atomic E-state index is -1.44. The molecule has 0 aromatic heterocycles. The molecular formula is C6H7BLiO3S. The van der Waals surface area contributed by atoms with E-state index in [0.29, 0.717) is 28.0 Å². The molecule has 0 aliphatic heterocycles. The van der Waals surface area contributed by atoms with Crippen molar-refractivity contribution in [2.75, 3.05) is 0 Å². The largest absolute Gasteiger partial charge is 0.484 e. The summed E-state index contributed by atoms with van der Waals surface area (Å²) in [6, 6.07) is 0. The summed E-state index contributed by atoms with van der Waals surface area (Å²) in [5.41, 5.74) is 0.464. The van der Waals surface area contributed by atoms with E-state index < -0.39 is 7.12 Å². The second kappa shape index (κ2) is 5.57. The third-order valence-electron chi connectivity index (χ3n) is 1.41. The van der Waals surface area contributed by atoms with Gasteiger partial charge in [-0.25, -0.2) is 4.21 Å². The number of allylic oxidation sites excluding steroid dienone is 4. The van der Waals surface area contributed by atoms with Crippen molar-refractivity contribution in [2.24, 2.45) is 0 Å². The van der Waals surface area contributed by atoms with Gasteiger partial charge in [0.25, 0.3) is 0 Å². The second-order valence-corrected chi connectivity index (χ2v) is 2.89. The number of hydrogen-bond donors (Lipinski definition) is 2. The first kappa shape index (κ1) is 12.0. The molecule has 0 aromatic rings. The Kier molecular flexibility index (Phi) is 5.55. The van der Waals surface area contributed by atoms with Gasteiger partial charge in [-0.1, -0.05) is 12.2 Å². The molecule has 1 aliphatic carbocycles. The average molecular weight is 177 g/mol. The van der Waals surface area contributed by atoms with Crippen LogP contribution in [0.15, 0.2) is 23.7 Å². The van der Waals surface area contributed by atoms with Crippen LogP contribution in [0.4, 0.5) is 0 Å². The SMILES string of the molecule is O=S=C1C=CC=C(B(O)O)C1.[Li]. The molecule has 0 bridgehead atoms. The van der Waals surface area contributed by atoms with E-state index in [0.717, 1.165) is 0 Å². The average Bonchev–Trinajstić information content (AvgIpc) is 2.05. The molecule has 3 nitrogen and oxygen atoms in total. The molecular weight excluding hydrogens is 170 g/mol. The molecule has 0 atom stereocenters. The quantitative estimate of drug-likeness (QED) is 0.394. The summed E-state index contributed by atoms with van der Waals surface area (Å²) in [6.07, 6.45) is 5.26. The molecule has 6 heteroatoms. The van der Waals surface area contributed by atoms with Gasteiger partial charge in [-0.15, -0.1) is 0 Å². The molecule has 0 spiro atoms. The summed E-state index contributed by atoms with van der Waals surface area (Å²) < 4.78 is 10.3. The van der Waals surface area contributed by atoms with Gasteiger partial charge in [0.15, 0.2) is 0 Å². The molecule has 0 fully saturated rings. The van der Waals surface area contributed by atoms with E-state index in [4.69, 9.17) is 10.0 Å². The Balaban J connectivity index is 0.00000121. The van der Waals surface area contributed by atoms with Crippen LogP contribution in [-0.2, 0) is 11.3 Å². The van der Waals surface area contributed by atoms with Gasteiger partial charge in [0, 0.05) is 30.1 Å². The van der Waals surface area contributed by atoms with Crippen molar-refractivity contribution in [3.05, 3.63) is 23.7 Å². The fourth-order valence-corrected chi connectivity index (χ4v) is 1.19. The molecule has 1 aliphatic rings. The zero-order valence-corrected chi connectivity index (χ0v) is 7.54. The Morgan fingerprint density at radius 3 is 2.67 bits per heavy atom. The van der Waals surface area contributed by atoms with Gasteiger partial charge in [-0.05, 0) is 11.5 Å². The zero-order chi connectivity index (χ0) is 8.27. The Labute approximate surface area is 86.6 Å². The normalized spacial score (nSPS) is 14.8. The third-order valence-corrected chi connectivity index (χ3v) is 1.90. The first-order valence-corrected chi connectivity index (χ1v) is 3.87. The monoisotopic (exact) mass is 177 g/mol. The van der Waals surface area contributed by atoms with Gasteiger partial charge in [0.2, 0.25) is 0 Å². The van der Waals surface area contributed by atoms with Gasteiger partial charge in [-0.2, -0.15) is 0 Å². The molecule has 59 valence electrons. The molecule has 1 rings (SSSR count). The summed E-state index contributed by atoms with van der Waals surface area (Å²) in [5, 5.41) is 17.4. The predicted octanol–water partition coefficient (Wildman–Crippen LogP) is -1.11. The standard InChI is InChI=1S/C6H7BO3S.Li/c8-7(9)5-2-1-3-6(4-5)11-10;/h1-3,8-9H,4H2;. The zero-order valence-electron chi connectivity index (χ0n) is 6.73. The Morgan fingerprint density at radius 1 is 1.50 bits per heavy atom. The third kappa shape index (κ3) is 3.13. The van der Waals surface area contributed by atoms with Gasteiger partial charge < -0.3 is 10.0 Å². The fourth-order valence-electron chi connectivity index (χ4n) is 0.833. The van der Waals surface area contributed by atoms with E-state index in [1.165, 1.54) is 0 Å². The summed E-state index contributed by atoms with van der Waals surface area (Å²) in [4.78, 5) is 0.607. The molecule has 0 saturated carbocycles. The van der Waals surface area contributed by atoms with Crippen LogP contribution in [0.3, 0.4) is 0 Å². The van der Waals surface area contributed by atoms with Crippen molar-refractivity contribution in [3.63, 3.8) is 0 Å². The van der Waals surface area contributed by atoms with E-state index in [-0.39, 0.29) is 18.9 Å². The van der Waals surface area contributed by atoms with E-state index in [1.54, 1.807) is 18.2 Å². The van der Waals surface area contributed by atoms with Crippen molar-refractivity contribution in [3.8, 4) is 0 Å². The summed E-state index contributed by atoms with van der Waals surface area (Å²) in [6.45, 7) is 0. The van der Waals surface area contributed by atoms with E-state index in [9.17, 15) is 4.21 Å². The number of rotatable bonds is 1. The molecule has 0 unspecified atom stereocenters. The van der Waals surface area contributed by atoms with Crippen molar-refractivity contribution in [2.45, 2.75) is 6.42 Å². The van der Waals surface area contributed by atoms with E-state index in [1.807, 2.05) is 0 Å². The maximum Gasteiger partial charge on any atom is 0.484 e. The van der Waals surface area contributed by atoms with Crippen molar-refractivity contribution >= 4 is 42.1 Å². The summed E-state index contributed by atoms with van der Waals surface area (Å²) in [5.74, 6) is 0. The molecule has 0 heterocycles. The molecule has 0 saturated heterocycles. The van der Waals surface area contributed by atoms with Crippen LogP contribution in [-0.4, -0.2) is 45.1 Å². The Hall–Kier alpha value is -0.0477. The van der Waals surface area contributed by atoms with Crippen LogP contribution in [0.5, 0.6) is 0 Å².